The first-order chi connectivity index (χ1) is 11.1. The number of nitrogens with zero attached hydrogens (tertiary/aromatic N) is 5. The van der Waals surface area contributed by atoms with Crippen molar-refractivity contribution in [2.75, 3.05) is 0 Å². The van der Waals surface area contributed by atoms with E-state index in [-0.39, 0.29) is 18.5 Å². The zero-order valence-electron chi connectivity index (χ0n) is 12.8. The number of carbonyl (C=O) groups is 1. The van der Waals surface area contributed by atoms with Gasteiger partial charge in [0.25, 0.3) is 5.89 Å². The number of hydrogen-bond acceptors (Lipinski definition) is 6. The summed E-state index contributed by atoms with van der Waals surface area (Å²) in [5, 5.41) is 6.74. The molecule has 0 bridgehead atoms. The largest absolute Gasteiger partial charge is 0.352 e. The van der Waals surface area contributed by atoms with E-state index in [2.05, 4.69) is 25.4 Å². The SMILES string of the molecule is CC(C)NC(=O)Cn1cnc(-c2noc(-c3ccncc3)n2)c1. The Morgan fingerprint density at radius 2 is 2.13 bits per heavy atom. The third kappa shape index (κ3) is 3.60. The van der Waals surface area contributed by atoms with Gasteiger partial charge in [-0.15, -0.1) is 0 Å². The average molecular weight is 312 g/mol. The molecule has 0 radical (unpaired) electrons. The van der Waals surface area contributed by atoms with Crippen molar-refractivity contribution >= 4 is 5.91 Å². The molecule has 0 aliphatic heterocycles. The van der Waals surface area contributed by atoms with Crippen LogP contribution in [0.5, 0.6) is 0 Å². The highest BCUT2D eigenvalue weighted by Gasteiger charge is 2.13. The lowest BCUT2D eigenvalue weighted by Crippen LogP contribution is -2.32. The molecule has 8 heteroatoms. The normalized spacial score (nSPS) is 10.9. The minimum Gasteiger partial charge on any atom is -0.352 e. The lowest BCUT2D eigenvalue weighted by Gasteiger charge is -2.07. The third-order valence-electron chi connectivity index (χ3n) is 2.99. The van der Waals surface area contributed by atoms with E-state index in [0.29, 0.717) is 17.4 Å². The van der Waals surface area contributed by atoms with E-state index in [1.807, 2.05) is 13.8 Å². The number of nitrogens with one attached hydrogen (secondary N) is 1. The van der Waals surface area contributed by atoms with E-state index in [4.69, 9.17) is 4.52 Å². The van der Waals surface area contributed by atoms with Crippen LogP contribution in [0.2, 0.25) is 0 Å². The Hall–Kier alpha value is -3.03. The Bertz CT molecular complexity index is 793. The Balaban J connectivity index is 1.74. The Labute approximate surface area is 132 Å². The van der Waals surface area contributed by atoms with Gasteiger partial charge in [0.1, 0.15) is 12.2 Å². The van der Waals surface area contributed by atoms with Crippen molar-refractivity contribution in [3.05, 3.63) is 37.1 Å². The molecule has 1 amide bonds. The zero-order valence-corrected chi connectivity index (χ0v) is 12.8. The maximum absolute atomic E-state index is 11.7. The van der Waals surface area contributed by atoms with Crippen LogP contribution in [-0.4, -0.2) is 36.6 Å². The highest BCUT2D eigenvalue weighted by molar-refractivity contribution is 5.76. The van der Waals surface area contributed by atoms with Crippen LogP contribution >= 0.6 is 0 Å². The van der Waals surface area contributed by atoms with Gasteiger partial charge in [-0.05, 0) is 26.0 Å². The van der Waals surface area contributed by atoms with Crippen LogP contribution in [0.25, 0.3) is 23.0 Å². The number of imidazole rings is 1. The van der Waals surface area contributed by atoms with E-state index in [1.54, 1.807) is 41.6 Å². The molecule has 1 N–H and O–H groups in total. The van der Waals surface area contributed by atoms with Crippen LogP contribution in [0, 0.1) is 0 Å². The number of amides is 1. The Morgan fingerprint density at radius 3 is 2.87 bits per heavy atom. The summed E-state index contributed by atoms with van der Waals surface area (Å²) in [4.78, 5) is 24.2. The maximum Gasteiger partial charge on any atom is 0.258 e. The van der Waals surface area contributed by atoms with Crippen molar-refractivity contribution in [3.63, 3.8) is 0 Å². The predicted molar refractivity (Wildman–Crippen MR) is 82.0 cm³/mol. The fourth-order valence-electron chi connectivity index (χ4n) is 2.03. The zero-order chi connectivity index (χ0) is 16.2. The van der Waals surface area contributed by atoms with Crippen LogP contribution in [-0.2, 0) is 11.3 Å². The summed E-state index contributed by atoms with van der Waals surface area (Å²) >= 11 is 0. The van der Waals surface area contributed by atoms with E-state index in [9.17, 15) is 4.79 Å². The maximum atomic E-state index is 11.7. The van der Waals surface area contributed by atoms with Gasteiger partial charge in [0.05, 0.1) is 6.33 Å². The van der Waals surface area contributed by atoms with Gasteiger partial charge in [-0.25, -0.2) is 4.98 Å². The van der Waals surface area contributed by atoms with Crippen LogP contribution in [0.3, 0.4) is 0 Å². The Morgan fingerprint density at radius 1 is 1.35 bits per heavy atom. The standard InChI is InChI=1S/C15H16N6O2/c1-10(2)18-13(22)8-21-7-12(17-9-21)14-19-15(23-20-14)11-3-5-16-6-4-11/h3-7,9-10H,8H2,1-2H3,(H,18,22). The van der Waals surface area contributed by atoms with E-state index in [0.717, 1.165) is 5.56 Å². The fourth-order valence-corrected chi connectivity index (χ4v) is 2.03. The summed E-state index contributed by atoms with van der Waals surface area (Å²) in [6.45, 7) is 4.02. The van der Waals surface area contributed by atoms with Crippen molar-refractivity contribution in [1.82, 2.24) is 30.0 Å². The molecule has 3 aromatic heterocycles. The first-order valence-electron chi connectivity index (χ1n) is 7.17. The first kappa shape index (κ1) is 14.9. The number of rotatable bonds is 5. The highest BCUT2D eigenvalue weighted by Crippen LogP contribution is 2.20. The molecule has 0 unspecified atom stereocenters. The molecular formula is C15H16N6O2. The molecule has 0 aliphatic rings. The molecule has 23 heavy (non-hydrogen) atoms. The van der Waals surface area contributed by atoms with Gasteiger partial charge < -0.3 is 14.4 Å². The number of carbonyl (C=O) groups excluding carboxylic acids is 1. The lowest BCUT2D eigenvalue weighted by molar-refractivity contribution is -0.122. The molecule has 0 spiro atoms. The van der Waals surface area contributed by atoms with E-state index < -0.39 is 0 Å². The molecule has 3 heterocycles. The van der Waals surface area contributed by atoms with Crippen molar-refractivity contribution < 1.29 is 9.32 Å². The number of pyridine rings is 1. The van der Waals surface area contributed by atoms with Gasteiger partial charge in [-0.2, -0.15) is 4.98 Å². The number of aromatic nitrogens is 5. The minimum absolute atomic E-state index is 0.0745. The van der Waals surface area contributed by atoms with Crippen molar-refractivity contribution in [3.8, 4) is 23.0 Å². The summed E-state index contributed by atoms with van der Waals surface area (Å²) < 4.78 is 6.91. The average Bonchev–Trinajstić information content (AvgIpc) is 3.16. The molecule has 3 aromatic rings. The van der Waals surface area contributed by atoms with Crippen molar-refractivity contribution in [2.45, 2.75) is 26.4 Å². The first-order valence-corrected chi connectivity index (χ1v) is 7.17. The quantitative estimate of drug-likeness (QED) is 0.767. The lowest BCUT2D eigenvalue weighted by atomic mass is 10.3. The topological polar surface area (TPSA) is 98.7 Å². The van der Waals surface area contributed by atoms with E-state index in [1.165, 1.54) is 0 Å². The summed E-state index contributed by atoms with van der Waals surface area (Å²) in [6.07, 6.45) is 6.58. The predicted octanol–water partition coefficient (Wildman–Crippen LogP) is 1.52. The number of hydrogen-bond donors (Lipinski definition) is 1. The molecule has 3 rings (SSSR count). The fraction of sp³-hybridized carbons (Fsp3) is 0.267. The van der Waals surface area contributed by atoms with Crippen molar-refractivity contribution in [1.29, 1.82) is 0 Å². The summed E-state index contributed by atoms with van der Waals surface area (Å²) in [7, 11) is 0. The molecule has 0 aliphatic carbocycles. The van der Waals surface area contributed by atoms with Crippen LogP contribution in [0.4, 0.5) is 0 Å². The summed E-state index contributed by atoms with van der Waals surface area (Å²) in [5.41, 5.74) is 1.33. The minimum atomic E-state index is -0.0745. The van der Waals surface area contributed by atoms with Gasteiger partial charge in [-0.1, -0.05) is 5.16 Å². The van der Waals surface area contributed by atoms with Gasteiger partial charge in [0.15, 0.2) is 0 Å². The van der Waals surface area contributed by atoms with Crippen LogP contribution < -0.4 is 5.32 Å². The van der Waals surface area contributed by atoms with E-state index >= 15 is 0 Å². The smallest absolute Gasteiger partial charge is 0.258 e. The molecule has 0 saturated heterocycles. The molecule has 0 saturated carbocycles. The summed E-state index contributed by atoms with van der Waals surface area (Å²) in [5.74, 6) is 0.698. The molecule has 8 nitrogen and oxygen atoms in total. The molecular weight excluding hydrogens is 296 g/mol. The third-order valence-corrected chi connectivity index (χ3v) is 2.99. The van der Waals surface area contributed by atoms with Crippen molar-refractivity contribution in [2.24, 2.45) is 0 Å². The summed E-state index contributed by atoms with van der Waals surface area (Å²) in [6, 6.07) is 3.67. The van der Waals surface area contributed by atoms with Gasteiger partial charge in [-0.3, -0.25) is 9.78 Å². The van der Waals surface area contributed by atoms with Gasteiger partial charge >= 0.3 is 0 Å². The highest BCUT2D eigenvalue weighted by atomic mass is 16.5. The van der Waals surface area contributed by atoms with Crippen LogP contribution in [0.1, 0.15) is 13.8 Å². The monoisotopic (exact) mass is 312 g/mol. The molecule has 118 valence electrons. The van der Waals surface area contributed by atoms with Crippen LogP contribution in [0.15, 0.2) is 41.6 Å². The molecule has 0 atom stereocenters. The van der Waals surface area contributed by atoms with Gasteiger partial charge in [0, 0.05) is 30.2 Å². The Kier molecular flexibility index (Phi) is 4.13. The second-order valence-electron chi connectivity index (χ2n) is 5.31. The second kappa shape index (κ2) is 6.39. The second-order valence-corrected chi connectivity index (χ2v) is 5.31. The molecule has 0 aromatic carbocycles. The molecule has 0 fully saturated rings. The van der Waals surface area contributed by atoms with Gasteiger partial charge in [0.2, 0.25) is 11.7 Å².